The van der Waals surface area contributed by atoms with Gasteiger partial charge in [0.25, 0.3) is 5.91 Å². The average Bonchev–Trinajstić information content (AvgIpc) is 2.91. The number of halogens is 2. The third-order valence-corrected chi connectivity index (χ3v) is 5.65. The number of thioether (sulfide) groups is 1. The number of hydrogen-bond acceptors (Lipinski definition) is 4. The lowest BCUT2D eigenvalue weighted by Gasteiger charge is -2.14. The highest BCUT2D eigenvalue weighted by Gasteiger charge is 2.32. The molecule has 0 aromatic heterocycles. The van der Waals surface area contributed by atoms with E-state index in [0.29, 0.717) is 22.3 Å². The Labute approximate surface area is 170 Å². The SMILES string of the molecule is CCN1C(=O)/C(=C\c2ccc(N(C)C)c(Br)c2)SC1=Nc1ccc(F)cc1. The molecule has 4 nitrogen and oxygen atoms in total. The molecule has 3 rings (SSSR count). The summed E-state index contributed by atoms with van der Waals surface area (Å²) in [6, 6.07) is 11.9. The molecule has 7 heteroatoms. The van der Waals surface area contributed by atoms with Crippen LogP contribution in [0.25, 0.3) is 6.08 Å². The van der Waals surface area contributed by atoms with Crippen molar-refractivity contribution in [2.24, 2.45) is 4.99 Å². The number of carbonyl (C=O) groups excluding carboxylic acids is 1. The van der Waals surface area contributed by atoms with E-state index >= 15 is 0 Å². The topological polar surface area (TPSA) is 35.9 Å². The maximum Gasteiger partial charge on any atom is 0.266 e. The monoisotopic (exact) mass is 447 g/mol. The Bertz CT molecular complexity index is 925. The number of nitrogens with zero attached hydrogens (tertiary/aromatic N) is 3. The maximum atomic E-state index is 13.1. The molecule has 1 aliphatic heterocycles. The van der Waals surface area contributed by atoms with Gasteiger partial charge < -0.3 is 4.90 Å². The summed E-state index contributed by atoms with van der Waals surface area (Å²) in [7, 11) is 3.96. The van der Waals surface area contributed by atoms with E-state index in [2.05, 4.69) is 20.9 Å². The molecule has 0 unspecified atom stereocenters. The van der Waals surface area contributed by atoms with Gasteiger partial charge in [-0.05, 0) is 82.7 Å². The Balaban J connectivity index is 1.91. The zero-order valence-corrected chi connectivity index (χ0v) is 17.6. The summed E-state index contributed by atoms with van der Waals surface area (Å²) < 4.78 is 14.0. The van der Waals surface area contributed by atoms with E-state index in [1.54, 1.807) is 17.0 Å². The molecule has 1 saturated heterocycles. The second kappa shape index (κ2) is 8.27. The van der Waals surface area contributed by atoms with E-state index in [4.69, 9.17) is 0 Å². The van der Waals surface area contributed by atoms with Gasteiger partial charge in [-0.2, -0.15) is 0 Å². The normalized spacial score (nSPS) is 17.2. The Kier molecular flexibility index (Phi) is 6.01. The summed E-state index contributed by atoms with van der Waals surface area (Å²) in [4.78, 5) is 21.5. The molecule has 0 spiro atoms. The largest absolute Gasteiger partial charge is 0.377 e. The number of aliphatic imine (C=N–C) groups is 1. The van der Waals surface area contributed by atoms with Gasteiger partial charge in [0.2, 0.25) is 0 Å². The van der Waals surface area contributed by atoms with Gasteiger partial charge in [-0.3, -0.25) is 9.69 Å². The van der Waals surface area contributed by atoms with E-state index in [9.17, 15) is 9.18 Å². The molecule has 0 bridgehead atoms. The number of likely N-dealkylation sites (N-methyl/N-ethyl adjacent to an activating group) is 1. The van der Waals surface area contributed by atoms with Gasteiger partial charge in [0.1, 0.15) is 5.82 Å². The van der Waals surface area contributed by atoms with Crippen LogP contribution in [0.3, 0.4) is 0 Å². The van der Waals surface area contributed by atoms with Crippen LogP contribution >= 0.6 is 27.7 Å². The molecule has 0 radical (unpaired) electrons. The quantitative estimate of drug-likeness (QED) is 0.598. The highest BCUT2D eigenvalue weighted by molar-refractivity contribution is 9.10. The van der Waals surface area contributed by atoms with Crippen molar-refractivity contribution in [1.82, 2.24) is 4.90 Å². The van der Waals surface area contributed by atoms with Gasteiger partial charge in [-0.15, -0.1) is 0 Å². The first-order valence-corrected chi connectivity index (χ1v) is 10.0. The predicted molar refractivity (Wildman–Crippen MR) is 115 cm³/mol. The van der Waals surface area contributed by atoms with Gasteiger partial charge in [0.05, 0.1) is 16.3 Å². The lowest BCUT2D eigenvalue weighted by atomic mass is 10.2. The molecule has 0 aliphatic carbocycles. The van der Waals surface area contributed by atoms with Crippen LogP contribution in [0, 0.1) is 5.82 Å². The van der Waals surface area contributed by atoms with Gasteiger partial charge in [0.15, 0.2) is 5.17 Å². The second-order valence-corrected chi connectivity index (χ2v) is 8.00. The summed E-state index contributed by atoms with van der Waals surface area (Å²) >= 11 is 4.90. The van der Waals surface area contributed by atoms with Gasteiger partial charge in [-0.1, -0.05) is 6.07 Å². The third-order valence-electron chi connectivity index (χ3n) is 4.01. The van der Waals surface area contributed by atoms with Crippen molar-refractivity contribution in [1.29, 1.82) is 0 Å². The molecule has 2 aromatic rings. The van der Waals surface area contributed by atoms with E-state index in [0.717, 1.165) is 15.7 Å². The highest BCUT2D eigenvalue weighted by Crippen LogP contribution is 2.35. The second-order valence-electron chi connectivity index (χ2n) is 6.14. The maximum absolute atomic E-state index is 13.1. The molecule has 0 saturated carbocycles. The van der Waals surface area contributed by atoms with Gasteiger partial charge in [-0.25, -0.2) is 9.38 Å². The first-order chi connectivity index (χ1) is 12.9. The molecule has 2 aromatic carbocycles. The van der Waals surface area contributed by atoms with Crippen LogP contribution in [0.15, 0.2) is 56.8 Å². The van der Waals surface area contributed by atoms with Crippen molar-refractivity contribution in [3.63, 3.8) is 0 Å². The fourth-order valence-corrected chi connectivity index (χ4v) is 4.44. The third kappa shape index (κ3) is 4.42. The number of amides is 1. The van der Waals surface area contributed by atoms with Crippen LogP contribution in [-0.4, -0.2) is 36.6 Å². The van der Waals surface area contributed by atoms with Crippen molar-refractivity contribution in [3.8, 4) is 0 Å². The van der Waals surface area contributed by atoms with E-state index < -0.39 is 0 Å². The number of anilines is 1. The zero-order chi connectivity index (χ0) is 19.6. The number of amidine groups is 1. The lowest BCUT2D eigenvalue weighted by Crippen LogP contribution is -2.28. The van der Waals surface area contributed by atoms with Crippen LogP contribution in [0.4, 0.5) is 15.8 Å². The summed E-state index contributed by atoms with van der Waals surface area (Å²) in [5.74, 6) is -0.384. The minimum atomic E-state index is -0.311. The van der Waals surface area contributed by atoms with E-state index in [-0.39, 0.29) is 11.7 Å². The summed E-state index contributed by atoms with van der Waals surface area (Å²) in [6.45, 7) is 2.43. The molecular formula is C20H19BrFN3OS. The van der Waals surface area contributed by atoms with Crippen molar-refractivity contribution in [3.05, 3.63) is 63.2 Å². The molecule has 1 heterocycles. The summed E-state index contributed by atoms with van der Waals surface area (Å²) in [6.07, 6.45) is 1.87. The van der Waals surface area contributed by atoms with Gasteiger partial charge in [0, 0.05) is 25.1 Å². The van der Waals surface area contributed by atoms with Crippen LogP contribution < -0.4 is 4.90 Å². The van der Waals surface area contributed by atoms with Crippen LogP contribution in [-0.2, 0) is 4.79 Å². The van der Waals surface area contributed by atoms with Crippen molar-refractivity contribution < 1.29 is 9.18 Å². The van der Waals surface area contributed by atoms with Crippen molar-refractivity contribution in [2.75, 3.05) is 25.5 Å². The number of benzene rings is 2. The number of hydrogen-bond donors (Lipinski definition) is 0. The van der Waals surface area contributed by atoms with Crippen molar-refractivity contribution >= 4 is 56.2 Å². The minimum Gasteiger partial charge on any atom is -0.377 e. The highest BCUT2D eigenvalue weighted by atomic mass is 79.9. The fraction of sp³-hybridized carbons (Fsp3) is 0.200. The molecule has 1 aliphatic rings. The van der Waals surface area contributed by atoms with E-state index in [1.807, 2.05) is 50.2 Å². The first-order valence-electron chi connectivity index (χ1n) is 8.41. The smallest absolute Gasteiger partial charge is 0.266 e. The van der Waals surface area contributed by atoms with Crippen LogP contribution in [0.2, 0.25) is 0 Å². The average molecular weight is 448 g/mol. The summed E-state index contributed by atoms with van der Waals surface area (Å²) in [5.41, 5.74) is 2.61. The van der Waals surface area contributed by atoms with Crippen LogP contribution in [0.5, 0.6) is 0 Å². The Morgan fingerprint density at radius 2 is 1.93 bits per heavy atom. The summed E-state index contributed by atoms with van der Waals surface area (Å²) in [5, 5.41) is 0.601. The van der Waals surface area contributed by atoms with Crippen molar-refractivity contribution in [2.45, 2.75) is 6.92 Å². The Morgan fingerprint density at radius 3 is 2.52 bits per heavy atom. The molecular weight excluding hydrogens is 429 g/mol. The van der Waals surface area contributed by atoms with Gasteiger partial charge >= 0.3 is 0 Å². The van der Waals surface area contributed by atoms with E-state index in [1.165, 1.54) is 23.9 Å². The minimum absolute atomic E-state index is 0.0730. The molecule has 0 atom stereocenters. The molecule has 1 amide bonds. The Hall–Kier alpha value is -2.12. The molecule has 140 valence electrons. The van der Waals surface area contributed by atoms with Crippen LogP contribution in [0.1, 0.15) is 12.5 Å². The molecule has 0 N–H and O–H groups in total. The standard InChI is InChI=1S/C20H19BrFN3OS/c1-4-25-19(26)18(12-13-5-10-17(24(2)3)16(21)11-13)27-20(25)23-15-8-6-14(22)7-9-15/h5-12H,4H2,1-3H3/b18-12+,23-20?. The molecule has 27 heavy (non-hydrogen) atoms. The lowest BCUT2D eigenvalue weighted by molar-refractivity contribution is -0.122. The number of carbonyl (C=O) groups is 1. The predicted octanol–water partition coefficient (Wildman–Crippen LogP) is 5.28. The first kappa shape index (κ1) is 19.6. The molecule has 1 fully saturated rings. The Morgan fingerprint density at radius 1 is 1.22 bits per heavy atom. The number of rotatable bonds is 4. The zero-order valence-electron chi connectivity index (χ0n) is 15.2. The fourth-order valence-electron chi connectivity index (χ4n) is 2.62.